The van der Waals surface area contributed by atoms with E-state index in [9.17, 15) is 9.59 Å². The van der Waals surface area contributed by atoms with Gasteiger partial charge in [-0.3, -0.25) is 9.69 Å². The van der Waals surface area contributed by atoms with Gasteiger partial charge in [-0.05, 0) is 49.5 Å². The van der Waals surface area contributed by atoms with E-state index >= 15 is 0 Å². The van der Waals surface area contributed by atoms with Crippen molar-refractivity contribution < 1.29 is 9.59 Å². The number of benzene rings is 1. The molecule has 1 aromatic rings. The van der Waals surface area contributed by atoms with E-state index in [1.807, 2.05) is 29.2 Å². The summed E-state index contributed by atoms with van der Waals surface area (Å²) in [6.45, 7) is 4.37. The van der Waals surface area contributed by atoms with Crippen LogP contribution in [0.5, 0.6) is 0 Å². The van der Waals surface area contributed by atoms with Gasteiger partial charge in [-0.15, -0.1) is 0 Å². The van der Waals surface area contributed by atoms with E-state index in [0.717, 1.165) is 36.8 Å². The van der Waals surface area contributed by atoms with E-state index in [0.29, 0.717) is 31.3 Å². The van der Waals surface area contributed by atoms with Crippen LogP contribution < -0.4 is 10.2 Å². The van der Waals surface area contributed by atoms with Crippen molar-refractivity contribution >= 4 is 17.6 Å². The Morgan fingerprint density at radius 2 is 1.88 bits per heavy atom. The lowest BCUT2D eigenvalue weighted by molar-refractivity contribution is -0.130. The Bertz CT molecular complexity index is 661. The number of amides is 3. The smallest absolute Gasteiger partial charge is 0.321 e. The molecular formula is C19H26N4O2. The molecule has 3 amide bonds. The first kappa shape index (κ1) is 16.4. The lowest BCUT2D eigenvalue weighted by atomic mass is 10.1. The summed E-state index contributed by atoms with van der Waals surface area (Å²) in [5, 5.41) is 2.80. The highest BCUT2D eigenvalue weighted by Gasteiger charge is 2.56. The van der Waals surface area contributed by atoms with Crippen LogP contribution in [-0.2, 0) is 11.2 Å². The number of rotatable bonds is 5. The Morgan fingerprint density at radius 3 is 2.44 bits per heavy atom. The van der Waals surface area contributed by atoms with Gasteiger partial charge in [-0.25, -0.2) is 4.79 Å². The Morgan fingerprint density at radius 1 is 1.20 bits per heavy atom. The monoisotopic (exact) mass is 342 g/mol. The van der Waals surface area contributed by atoms with Crippen molar-refractivity contribution in [1.82, 2.24) is 15.1 Å². The maximum atomic E-state index is 12.5. The van der Waals surface area contributed by atoms with Crippen LogP contribution in [-0.4, -0.2) is 68.6 Å². The van der Waals surface area contributed by atoms with Gasteiger partial charge in [-0.2, -0.15) is 0 Å². The number of carbonyl (C=O) groups is 2. The maximum Gasteiger partial charge on any atom is 0.321 e. The molecule has 3 atom stereocenters. The number of piperidine rings is 1. The number of nitrogens with zero attached hydrogens (tertiary/aromatic N) is 3. The van der Waals surface area contributed by atoms with Crippen LogP contribution >= 0.6 is 0 Å². The minimum atomic E-state index is -0.0487. The fraction of sp³-hybridized carbons (Fsp3) is 0.579. The number of urea groups is 1. The number of nitrogens with one attached hydrogen (secondary N) is 1. The lowest BCUT2D eigenvalue weighted by Crippen LogP contribution is -2.34. The molecule has 0 aromatic heterocycles. The van der Waals surface area contributed by atoms with E-state index in [2.05, 4.69) is 24.3 Å². The van der Waals surface area contributed by atoms with Crippen molar-refractivity contribution in [1.29, 1.82) is 0 Å². The number of fused-ring (bicyclic) bond motifs is 1. The predicted octanol–water partition coefficient (Wildman–Crippen LogP) is 1.02. The first-order chi connectivity index (χ1) is 12.0. The molecule has 3 aliphatic rings. The number of anilines is 1. The van der Waals surface area contributed by atoms with Crippen molar-refractivity contribution in [3.8, 4) is 0 Å². The van der Waals surface area contributed by atoms with Gasteiger partial charge in [0.25, 0.3) is 0 Å². The summed E-state index contributed by atoms with van der Waals surface area (Å²) in [6, 6.07) is 7.74. The number of hydrogen-bond donors (Lipinski definition) is 1. The van der Waals surface area contributed by atoms with Gasteiger partial charge >= 0.3 is 6.03 Å². The molecule has 3 fully saturated rings. The molecule has 1 aliphatic carbocycles. The molecule has 2 heterocycles. The molecule has 2 saturated heterocycles. The molecule has 1 unspecified atom stereocenters. The molecule has 25 heavy (non-hydrogen) atoms. The van der Waals surface area contributed by atoms with Crippen molar-refractivity contribution in [2.24, 2.45) is 17.8 Å². The highest BCUT2D eigenvalue weighted by molar-refractivity contribution is 5.94. The molecule has 2 aliphatic heterocycles. The van der Waals surface area contributed by atoms with E-state index in [4.69, 9.17) is 0 Å². The third-order valence-electron chi connectivity index (χ3n) is 5.76. The highest BCUT2D eigenvalue weighted by atomic mass is 16.2. The first-order valence-electron chi connectivity index (χ1n) is 9.10. The largest absolute Gasteiger partial charge is 0.342 e. The molecule has 0 bridgehead atoms. The predicted molar refractivity (Wildman–Crippen MR) is 96.5 cm³/mol. The lowest BCUT2D eigenvalue weighted by Gasteiger charge is -2.21. The summed E-state index contributed by atoms with van der Waals surface area (Å²) in [4.78, 5) is 30.2. The summed E-state index contributed by atoms with van der Waals surface area (Å²) in [5.41, 5.74) is 1.90. The molecule has 6 nitrogen and oxygen atoms in total. The summed E-state index contributed by atoms with van der Waals surface area (Å²) in [7, 11) is 4.23. The number of carbonyl (C=O) groups excluding carboxylic acids is 2. The molecule has 1 N–H and O–H groups in total. The second-order valence-corrected chi connectivity index (χ2v) is 7.78. The molecule has 1 aromatic carbocycles. The van der Waals surface area contributed by atoms with E-state index in [1.165, 1.54) is 0 Å². The van der Waals surface area contributed by atoms with Crippen LogP contribution in [0.3, 0.4) is 0 Å². The van der Waals surface area contributed by atoms with E-state index in [-0.39, 0.29) is 11.9 Å². The fourth-order valence-electron chi connectivity index (χ4n) is 4.34. The summed E-state index contributed by atoms with van der Waals surface area (Å²) in [6.07, 6.45) is 0.449. The van der Waals surface area contributed by atoms with Gasteiger partial charge in [-0.1, -0.05) is 12.1 Å². The molecule has 0 spiro atoms. The Labute approximate surface area is 148 Å². The van der Waals surface area contributed by atoms with Crippen molar-refractivity contribution in [3.05, 3.63) is 29.8 Å². The zero-order valence-electron chi connectivity index (χ0n) is 14.9. The summed E-state index contributed by atoms with van der Waals surface area (Å²) in [5.74, 6) is 2.43. The number of hydrogen-bond acceptors (Lipinski definition) is 3. The Balaban J connectivity index is 1.30. The standard InChI is InChI=1S/C19H26N4O2/c1-21(2)10-15-16-11-22(12-17(15)16)18(24)9-13-3-5-14(6-4-13)23-8-7-20-19(23)25/h3-6,15-17H,7-12H2,1-2H3,(H,20,25)/t15?,16-,17+. The molecule has 0 radical (unpaired) electrons. The Kier molecular flexibility index (Phi) is 4.15. The van der Waals surface area contributed by atoms with Gasteiger partial charge in [0.15, 0.2) is 0 Å². The van der Waals surface area contributed by atoms with Crippen molar-refractivity contribution in [3.63, 3.8) is 0 Å². The average Bonchev–Trinajstić information content (AvgIpc) is 2.96. The molecule has 1 saturated carbocycles. The van der Waals surface area contributed by atoms with Gasteiger partial charge < -0.3 is 15.1 Å². The quantitative estimate of drug-likeness (QED) is 0.869. The SMILES string of the molecule is CN(C)CC1[C@H]2CN(C(=O)Cc3ccc(N4CCNC4=O)cc3)C[C@@H]12. The topological polar surface area (TPSA) is 55.9 Å². The van der Waals surface area contributed by atoms with E-state index < -0.39 is 0 Å². The average molecular weight is 342 g/mol. The van der Waals surface area contributed by atoms with Gasteiger partial charge in [0, 0.05) is 38.4 Å². The molecule has 4 rings (SSSR count). The normalized spacial score (nSPS) is 27.6. The minimum Gasteiger partial charge on any atom is -0.342 e. The zero-order valence-corrected chi connectivity index (χ0v) is 14.9. The second kappa shape index (κ2) is 6.33. The highest BCUT2D eigenvalue weighted by Crippen LogP contribution is 2.51. The van der Waals surface area contributed by atoms with Crippen LogP contribution in [0.2, 0.25) is 0 Å². The molecule has 6 heteroatoms. The van der Waals surface area contributed by atoms with Gasteiger partial charge in [0.1, 0.15) is 0 Å². The Hall–Kier alpha value is -2.08. The first-order valence-corrected chi connectivity index (χ1v) is 9.10. The van der Waals surface area contributed by atoms with Crippen LogP contribution in [0.1, 0.15) is 5.56 Å². The second-order valence-electron chi connectivity index (χ2n) is 7.78. The van der Waals surface area contributed by atoms with Gasteiger partial charge in [0.05, 0.1) is 6.42 Å². The zero-order chi connectivity index (χ0) is 17.6. The van der Waals surface area contributed by atoms with Crippen LogP contribution in [0.25, 0.3) is 0 Å². The number of likely N-dealkylation sites (tertiary alicyclic amines) is 1. The van der Waals surface area contributed by atoms with Crippen molar-refractivity contribution in [2.75, 3.05) is 51.7 Å². The van der Waals surface area contributed by atoms with Crippen LogP contribution in [0, 0.1) is 17.8 Å². The van der Waals surface area contributed by atoms with Crippen LogP contribution in [0.15, 0.2) is 24.3 Å². The van der Waals surface area contributed by atoms with Crippen LogP contribution in [0.4, 0.5) is 10.5 Å². The fourth-order valence-corrected chi connectivity index (χ4v) is 4.34. The molecular weight excluding hydrogens is 316 g/mol. The van der Waals surface area contributed by atoms with Gasteiger partial charge in [0.2, 0.25) is 5.91 Å². The third-order valence-corrected chi connectivity index (χ3v) is 5.76. The summed E-state index contributed by atoms with van der Waals surface area (Å²) < 4.78 is 0. The minimum absolute atomic E-state index is 0.0487. The molecule has 134 valence electrons. The third kappa shape index (κ3) is 3.23. The maximum absolute atomic E-state index is 12.5. The van der Waals surface area contributed by atoms with E-state index in [1.54, 1.807) is 4.90 Å². The summed E-state index contributed by atoms with van der Waals surface area (Å²) >= 11 is 0. The van der Waals surface area contributed by atoms with Crippen molar-refractivity contribution in [2.45, 2.75) is 6.42 Å².